The van der Waals surface area contributed by atoms with E-state index in [4.69, 9.17) is 25.8 Å². The number of carbonyl (C=O) groups is 1. The number of halogens is 1. The molecule has 0 saturated carbocycles. The number of carbonyl (C=O) groups excluding carboxylic acids is 1. The molecule has 174 valence electrons. The van der Waals surface area contributed by atoms with Crippen LogP contribution in [0.3, 0.4) is 0 Å². The molecule has 32 heavy (non-hydrogen) atoms. The number of nitrogens with zero attached hydrogens (tertiary/aromatic N) is 1. The zero-order chi connectivity index (χ0) is 23.1. The van der Waals surface area contributed by atoms with E-state index >= 15 is 0 Å². The predicted octanol–water partition coefficient (Wildman–Crippen LogP) is 2.63. The Balaban J connectivity index is 1.43. The second-order valence-corrected chi connectivity index (χ2v) is 9.64. The highest BCUT2D eigenvalue weighted by Gasteiger charge is 2.26. The third kappa shape index (κ3) is 6.35. The summed E-state index contributed by atoms with van der Waals surface area (Å²) in [5, 5.41) is 3.39. The molecule has 3 rings (SSSR count). The molecule has 0 radical (unpaired) electrons. The van der Waals surface area contributed by atoms with E-state index in [-0.39, 0.29) is 24.0 Å². The average molecular weight is 483 g/mol. The Bertz CT molecular complexity index is 1020. The number of nitrogens with one attached hydrogen (secondary N) is 1. The summed E-state index contributed by atoms with van der Waals surface area (Å²) < 4.78 is 43.1. The van der Waals surface area contributed by atoms with Gasteiger partial charge < -0.3 is 19.5 Å². The van der Waals surface area contributed by atoms with E-state index in [1.807, 2.05) is 6.92 Å². The lowest BCUT2D eigenvalue weighted by atomic mass is 10.2. The normalized spacial score (nSPS) is 15.7. The number of aryl methyl sites for hydroxylation is 1. The van der Waals surface area contributed by atoms with Crippen LogP contribution >= 0.6 is 11.6 Å². The van der Waals surface area contributed by atoms with Gasteiger partial charge in [-0.05, 0) is 61.9 Å². The van der Waals surface area contributed by atoms with Crippen molar-refractivity contribution >= 4 is 27.5 Å². The predicted molar refractivity (Wildman–Crippen MR) is 121 cm³/mol. The maximum Gasteiger partial charge on any atom is 0.260 e. The fourth-order valence-corrected chi connectivity index (χ4v) is 4.60. The first-order chi connectivity index (χ1) is 15.3. The van der Waals surface area contributed by atoms with Gasteiger partial charge in [0.2, 0.25) is 10.0 Å². The standard InChI is InChI=1S/C22H27ClN2O6S/c1-16-15-19(5-8-21(16)23)31-17(2)22(26)24-9-12-30-18-3-6-20(7-4-18)32(27,28)25-10-13-29-14-11-25/h3-8,15,17H,9-14H2,1-2H3,(H,24,26). The van der Waals surface area contributed by atoms with E-state index < -0.39 is 16.1 Å². The summed E-state index contributed by atoms with van der Waals surface area (Å²) in [4.78, 5) is 12.4. The summed E-state index contributed by atoms with van der Waals surface area (Å²) in [5.74, 6) is 0.812. The molecule has 1 unspecified atom stereocenters. The van der Waals surface area contributed by atoms with Gasteiger partial charge in [0, 0.05) is 18.1 Å². The van der Waals surface area contributed by atoms with Crippen LogP contribution in [0.25, 0.3) is 0 Å². The van der Waals surface area contributed by atoms with Gasteiger partial charge >= 0.3 is 0 Å². The molecule has 1 aliphatic heterocycles. The van der Waals surface area contributed by atoms with Gasteiger partial charge in [-0.1, -0.05) is 11.6 Å². The molecule has 0 aliphatic carbocycles. The molecule has 1 amide bonds. The maximum absolute atomic E-state index is 12.6. The molecule has 1 fully saturated rings. The molecule has 2 aromatic carbocycles. The van der Waals surface area contributed by atoms with Crippen LogP contribution in [0.4, 0.5) is 0 Å². The Morgan fingerprint density at radius 1 is 1.16 bits per heavy atom. The molecular formula is C22H27ClN2O6S. The summed E-state index contributed by atoms with van der Waals surface area (Å²) in [7, 11) is -3.54. The second-order valence-electron chi connectivity index (χ2n) is 7.30. The van der Waals surface area contributed by atoms with E-state index in [2.05, 4.69) is 5.32 Å². The number of hydrogen-bond acceptors (Lipinski definition) is 6. The second kappa shape index (κ2) is 11.0. The van der Waals surface area contributed by atoms with Crippen LogP contribution in [0.2, 0.25) is 5.02 Å². The lowest BCUT2D eigenvalue weighted by molar-refractivity contribution is -0.127. The molecular weight excluding hydrogens is 456 g/mol. The van der Waals surface area contributed by atoms with Crippen molar-refractivity contribution < 1.29 is 27.4 Å². The van der Waals surface area contributed by atoms with E-state index in [0.717, 1.165) is 5.56 Å². The summed E-state index contributed by atoms with van der Waals surface area (Å²) in [6.45, 7) is 5.52. The molecule has 0 bridgehead atoms. The lowest BCUT2D eigenvalue weighted by Crippen LogP contribution is -2.40. The zero-order valence-corrected chi connectivity index (χ0v) is 19.6. The minimum atomic E-state index is -3.54. The number of amides is 1. The highest BCUT2D eigenvalue weighted by molar-refractivity contribution is 7.89. The molecule has 2 aromatic rings. The largest absolute Gasteiger partial charge is 0.492 e. The summed E-state index contributed by atoms with van der Waals surface area (Å²) in [6, 6.07) is 11.4. The van der Waals surface area contributed by atoms with Crippen LogP contribution in [-0.4, -0.2) is 64.2 Å². The summed E-state index contributed by atoms with van der Waals surface area (Å²) in [5.41, 5.74) is 0.869. The van der Waals surface area contributed by atoms with Crippen molar-refractivity contribution in [2.75, 3.05) is 39.5 Å². The van der Waals surface area contributed by atoms with Crippen molar-refractivity contribution in [1.82, 2.24) is 9.62 Å². The monoisotopic (exact) mass is 482 g/mol. The molecule has 0 aromatic heterocycles. The number of rotatable bonds is 9. The van der Waals surface area contributed by atoms with E-state index in [1.54, 1.807) is 37.3 Å². The first kappa shape index (κ1) is 24.3. The van der Waals surface area contributed by atoms with E-state index in [0.29, 0.717) is 42.8 Å². The van der Waals surface area contributed by atoms with Gasteiger partial charge in [0.15, 0.2) is 6.10 Å². The highest BCUT2D eigenvalue weighted by atomic mass is 35.5. The molecule has 10 heteroatoms. The van der Waals surface area contributed by atoms with Gasteiger partial charge in [0.25, 0.3) is 5.91 Å². The van der Waals surface area contributed by atoms with Crippen molar-refractivity contribution in [3.8, 4) is 11.5 Å². The van der Waals surface area contributed by atoms with Gasteiger partial charge in [-0.2, -0.15) is 4.31 Å². The minimum absolute atomic E-state index is 0.212. The third-order valence-corrected chi connectivity index (χ3v) is 7.25. The average Bonchev–Trinajstić information content (AvgIpc) is 2.80. The number of sulfonamides is 1. The zero-order valence-electron chi connectivity index (χ0n) is 18.0. The number of ether oxygens (including phenoxy) is 3. The lowest BCUT2D eigenvalue weighted by Gasteiger charge is -2.26. The van der Waals surface area contributed by atoms with E-state index in [1.165, 1.54) is 16.4 Å². The first-order valence-corrected chi connectivity index (χ1v) is 12.1. The third-order valence-electron chi connectivity index (χ3n) is 4.91. The topological polar surface area (TPSA) is 94.2 Å². The molecule has 1 aliphatic rings. The summed E-state index contributed by atoms with van der Waals surface area (Å²) in [6.07, 6.45) is -0.680. The molecule has 0 spiro atoms. The van der Waals surface area contributed by atoms with Crippen LogP contribution in [-0.2, 0) is 19.6 Å². The SMILES string of the molecule is Cc1cc(OC(C)C(=O)NCCOc2ccc(S(=O)(=O)N3CCOCC3)cc2)ccc1Cl. The maximum atomic E-state index is 12.6. The van der Waals surface area contributed by atoms with Crippen LogP contribution < -0.4 is 14.8 Å². The smallest absolute Gasteiger partial charge is 0.260 e. The molecule has 8 nitrogen and oxygen atoms in total. The van der Waals surface area contributed by atoms with Crippen molar-refractivity contribution in [1.29, 1.82) is 0 Å². The van der Waals surface area contributed by atoms with Crippen LogP contribution in [0.15, 0.2) is 47.4 Å². The van der Waals surface area contributed by atoms with Crippen molar-refractivity contribution in [3.63, 3.8) is 0 Å². The Morgan fingerprint density at radius 3 is 2.47 bits per heavy atom. The molecule has 1 heterocycles. The van der Waals surface area contributed by atoms with Gasteiger partial charge in [-0.3, -0.25) is 4.79 Å². The van der Waals surface area contributed by atoms with E-state index in [9.17, 15) is 13.2 Å². The van der Waals surface area contributed by atoms with Crippen LogP contribution in [0.5, 0.6) is 11.5 Å². The van der Waals surface area contributed by atoms with Crippen LogP contribution in [0.1, 0.15) is 12.5 Å². The number of benzene rings is 2. The van der Waals surface area contributed by atoms with Gasteiger partial charge in [0.1, 0.15) is 18.1 Å². The first-order valence-electron chi connectivity index (χ1n) is 10.3. The minimum Gasteiger partial charge on any atom is -0.492 e. The quantitative estimate of drug-likeness (QED) is 0.552. The Kier molecular flexibility index (Phi) is 8.36. The van der Waals surface area contributed by atoms with Gasteiger partial charge in [0.05, 0.1) is 24.7 Å². The summed E-state index contributed by atoms with van der Waals surface area (Å²) >= 11 is 6.00. The molecule has 1 saturated heterocycles. The van der Waals surface area contributed by atoms with Gasteiger partial charge in [-0.25, -0.2) is 8.42 Å². The number of hydrogen-bond donors (Lipinski definition) is 1. The van der Waals surface area contributed by atoms with Crippen molar-refractivity contribution in [2.45, 2.75) is 24.8 Å². The van der Waals surface area contributed by atoms with Gasteiger partial charge in [-0.15, -0.1) is 0 Å². The Labute approximate surface area is 193 Å². The van der Waals surface area contributed by atoms with Crippen molar-refractivity contribution in [2.24, 2.45) is 0 Å². The molecule has 1 atom stereocenters. The highest BCUT2D eigenvalue weighted by Crippen LogP contribution is 2.22. The Morgan fingerprint density at radius 2 is 1.81 bits per heavy atom. The number of morpholine rings is 1. The van der Waals surface area contributed by atoms with Crippen molar-refractivity contribution in [3.05, 3.63) is 53.1 Å². The Hall–Kier alpha value is -2.33. The van der Waals surface area contributed by atoms with Crippen LogP contribution in [0, 0.1) is 6.92 Å². The fraction of sp³-hybridized carbons (Fsp3) is 0.409. The molecule has 1 N–H and O–H groups in total. The fourth-order valence-electron chi connectivity index (χ4n) is 3.08.